The van der Waals surface area contributed by atoms with Crippen molar-refractivity contribution in [2.24, 2.45) is 0 Å². The highest BCUT2D eigenvalue weighted by Crippen LogP contribution is 2.17. The van der Waals surface area contributed by atoms with Crippen molar-refractivity contribution in [1.29, 1.82) is 0 Å². The maximum atomic E-state index is 4.26. The van der Waals surface area contributed by atoms with Gasteiger partial charge in [-0.15, -0.1) is 0 Å². The molecule has 0 aliphatic heterocycles. The highest BCUT2D eigenvalue weighted by Gasteiger charge is 1.94. The van der Waals surface area contributed by atoms with Crippen LogP contribution in [0.4, 0.5) is 0 Å². The molecule has 3 aromatic rings. The van der Waals surface area contributed by atoms with Crippen molar-refractivity contribution in [3.8, 4) is 11.1 Å². The number of rotatable bonds is 1. The minimum atomic E-state index is 1.06. The smallest absolute Gasteiger partial charge is 0.0373 e. The molecule has 0 fully saturated rings. The van der Waals surface area contributed by atoms with Crippen molar-refractivity contribution in [1.82, 2.24) is 9.97 Å². The molecule has 0 spiro atoms. The lowest BCUT2D eigenvalue weighted by Crippen LogP contribution is -1.81. The van der Waals surface area contributed by atoms with Gasteiger partial charge in [-0.1, -0.05) is 42.5 Å². The minimum absolute atomic E-state index is 1.06. The molecule has 2 nitrogen and oxygen atoms in total. The Hall–Kier alpha value is -2.48. The normalized spacial score (nSPS) is 9.50. The molecule has 2 heterocycles. The molecule has 0 radical (unpaired) electrons. The molecule has 2 aromatic heterocycles. The molecule has 0 aliphatic rings. The number of benzene rings is 1. The largest absolute Gasteiger partial charge is 0.262 e. The first-order chi connectivity index (χ1) is 9.75. The maximum absolute atomic E-state index is 4.26. The van der Waals surface area contributed by atoms with Gasteiger partial charge < -0.3 is 0 Å². The summed E-state index contributed by atoms with van der Waals surface area (Å²) in [5, 5.41) is 0. The van der Waals surface area contributed by atoms with E-state index in [2.05, 4.69) is 28.2 Å². The van der Waals surface area contributed by atoms with E-state index in [9.17, 15) is 0 Å². The number of pyridine rings is 2. The molecule has 1 aromatic carbocycles. The lowest BCUT2D eigenvalue weighted by molar-refractivity contribution is 1.20. The van der Waals surface area contributed by atoms with Gasteiger partial charge in [-0.25, -0.2) is 0 Å². The Morgan fingerprint density at radius 3 is 1.80 bits per heavy atom. The van der Waals surface area contributed by atoms with Crippen LogP contribution in [0.2, 0.25) is 0 Å². The maximum Gasteiger partial charge on any atom is 0.0373 e. The van der Waals surface area contributed by atoms with Gasteiger partial charge in [-0.3, -0.25) is 9.97 Å². The van der Waals surface area contributed by atoms with Gasteiger partial charge in [0.1, 0.15) is 0 Å². The van der Waals surface area contributed by atoms with E-state index >= 15 is 0 Å². The van der Waals surface area contributed by atoms with Gasteiger partial charge in [0.25, 0.3) is 0 Å². The van der Waals surface area contributed by atoms with Gasteiger partial charge in [0, 0.05) is 29.3 Å². The number of hydrogen-bond acceptors (Lipinski definition) is 2. The van der Waals surface area contributed by atoms with E-state index in [-0.39, 0.29) is 0 Å². The Labute approximate surface area is 120 Å². The Kier molecular flexibility index (Phi) is 5.01. The SMILES string of the molecule is Cc1ccc(-c2ccccc2)cn1.Cc1ccccn1. The molecule has 3 rings (SSSR count). The third-order valence-corrected chi connectivity index (χ3v) is 2.83. The van der Waals surface area contributed by atoms with Crippen molar-refractivity contribution in [3.05, 3.63) is 84.4 Å². The summed E-state index contributed by atoms with van der Waals surface area (Å²) in [6.45, 7) is 3.97. The Bertz CT molecular complexity index is 617. The van der Waals surface area contributed by atoms with Crippen LogP contribution in [0.25, 0.3) is 11.1 Å². The summed E-state index contributed by atoms with van der Waals surface area (Å²) in [6, 6.07) is 20.3. The second-order valence-corrected chi connectivity index (χ2v) is 4.53. The zero-order valence-electron chi connectivity index (χ0n) is 11.8. The zero-order chi connectivity index (χ0) is 14.2. The van der Waals surface area contributed by atoms with Crippen molar-refractivity contribution in [3.63, 3.8) is 0 Å². The van der Waals surface area contributed by atoms with Crippen LogP contribution in [0.3, 0.4) is 0 Å². The topological polar surface area (TPSA) is 25.8 Å². The number of aromatic nitrogens is 2. The Morgan fingerprint density at radius 1 is 0.600 bits per heavy atom. The molecule has 0 saturated carbocycles. The van der Waals surface area contributed by atoms with Crippen molar-refractivity contribution in [2.75, 3.05) is 0 Å². The average molecular weight is 262 g/mol. The van der Waals surface area contributed by atoms with E-state index in [1.54, 1.807) is 6.20 Å². The van der Waals surface area contributed by atoms with Crippen molar-refractivity contribution >= 4 is 0 Å². The molecule has 0 unspecified atom stereocenters. The monoisotopic (exact) mass is 262 g/mol. The van der Waals surface area contributed by atoms with E-state index in [1.165, 1.54) is 11.1 Å². The van der Waals surface area contributed by atoms with Crippen molar-refractivity contribution < 1.29 is 0 Å². The summed E-state index contributed by atoms with van der Waals surface area (Å²) in [6.07, 6.45) is 3.69. The van der Waals surface area contributed by atoms with Crippen LogP contribution in [-0.2, 0) is 0 Å². The molecular weight excluding hydrogens is 244 g/mol. The third kappa shape index (κ3) is 4.32. The predicted molar refractivity (Wildman–Crippen MR) is 83.4 cm³/mol. The molecular formula is C18H18N2. The lowest BCUT2D eigenvalue weighted by Gasteiger charge is -2.00. The molecule has 20 heavy (non-hydrogen) atoms. The fraction of sp³-hybridized carbons (Fsp3) is 0.111. The Morgan fingerprint density at radius 2 is 1.30 bits per heavy atom. The van der Waals surface area contributed by atoms with Gasteiger partial charge in [-0.05, 0) is 37.6 Å². The quantitative estimate of drug-likeness (QED) is 0.647. The van der Waals surface area contributed by atoms with Crippen LogP contribution in [-0.4, -0.2) is 9.97 Å². The summed E-state index contributed by atoms with van der Waals surface area (Å²) in [5.74, 6) is 0. The number of nitrogens with zero attached hydrogens (tertiary/aromatic N) is 2. The van der Waals surface area contributed by atoms with Gasteiger partial charge in [-0.2, -0.15) is 0 Å². The highest BCUT2D eigenvalue weighted by molar-refractivity contribution is 5.61. The summed E-state index contributed by atoms with van der Waals surface area (Å²) in [5.41, 5.74) is 4.52. The molecule has 0 atom stereocenters. The van der Waals surface area contributed by atoms with Crippen LogP contribution < -0.4 is 0 Å². The van der Waals surface area contributed by atoms with E-state index in [1.807, 2.05) is 62.5 Å². The standard InChI is InChI=1S/C12H11N.C6H7N/c1-10-7-8-12(9-13-10)11-5-3-2-4-6-11;1-6-4-2-3-5-7-6/h2-9H,1H3;2-5H,1H3. The van der Waals surface area contributed by atoms with Gasteiger partial charge in [0.2, 0.25) is 0 Å². The second kappa shape index (κ2) is 7.19. The van der Waals surface area contributed by atoms with Crippen LogP contribution in [0.1, 0.15) is 11.4 Å². The van der Waals surface area contributed by atoms with Crippen LogP contribution in [0.15, 0.2) is 73.1 Å². The number of aryl methyl sites for hydroxylation is 2. The van der Waals surface area contributed by atoms with E-state index < -0.39 is 0 Å². The summed E-state index contributed by atoms with van der Waals surface area (Å²) < 4.78 is 0. The summed E-state index contributed by atoms with van der Waals surface area (Å²) in [4.78, 5) is 8.23. The van der Waals surface area contributed by atoms with Gasteiger partial charge in [0.05, 0.1) is 0 Å². The van der Waals surface area contributed by atoms with Crippen molar-refractivity contribution in [2.45, 2.75) is 13.8 Å². The predicted octanol–water partition coefficient (Wildman–Crippen LogP) is 4.45. The van der Waals surface area contributed by atoms with Gasteiger partial charge >= 0.3 is 0 Å². The first-order valence-electron chi connectivity index (χ1n) is 6.61. The van der Waals surface area contributed by atoms with E-state index in [0.29, 0.717) is 0 Å². The summed E-state index contributed by atoms with van der Waals surface area (Å²) >= 11 is 0. The van der Waals surface area contributed by atoms with E-state index in [0.717, 1.165) is 11.4 Å². The highest BCUT2D eigenvalue weighted by atomic mass is 14.7. The van der Waals surface area contributed by atoms with Gasteiger partial charge in [0.15, 0.2) is 0 Å². The first-order valence-corrected chi connectivity index (χ1v) is 6.61. The molecule has 0 aliphatic carbocycles. The number of hydrogen-bond donors (Lipinski definition) is 0. The molecule has 0 N–H and O–H groups in total. The fourth-order valence-electron chi connectivity index (χ4n) is 1.72. The lowest BCUT2D eigenvalue weighted by atomic mass is 10.1. The van der Waals surface area contributed by atoms with Crippen LogP contribution in [0, 0.1) is 13.8 Å². The minimum Gasteiger partial charge on any atom is -0.262 e. The first kappa shape index (κ1) is 13.9. The summed E-state index contributed by atoms with van der Waals surface area (Å²) in [7, 11) is 0. The third-order valence-electron chi connectivity index (χ3n) is 2.83. The molecule has 0 saturated heterocycles. The molecule has 0 bridgehead atoms. The molecule has 2 heteroatoms. The zero-order valence-corrected chi connectivity index (χ0v) is 11.8. The van der Waals surface area contributed by atoms with Crippen LogP contribution >= 0.6 is 0 Å². The van der Waals surface area contributed by atoms with Crippen LogP contribution in [0.5, 0.6) is 0 Å². The Balaban J connectivity index is 0.000000178. The van der Waals surface area contributed by atoms with E-state index in [4.69, 9.17) is 0 Å². The fourth-order valence-corrected chi connectivity index (χ4v) is 1.72. The molecule has 0 amide bonds. The second-order valence-electron chi connectivity index (χ2n) is 4.53. The molecule has 100 valence electrons. The average Bonchev–Trinajstić information content (AvgIpc) is 2.50.